The highest BCUT2D eigenvalue weighted by atomic mass is 16.5. The van der Waals surface area contributed by atoms with Crippen LogP contribution in [0.4, 0.5) is 0 Å². The van der Waals surface area contributed by atoms with E-state index < -0.39 is 11.4 Å². The Balaban J connectivity index is 2.33. The van der Waals surface area contributed by atoms with E-state index in [2.05, 4.69) is 48.5 Å². The van der Waals surface area contributed by atoms with E-state index in [1.54, 1.807) is 0 Å². The summed E-state index contributed by atoms with van der Waals surface area (Å²) in [5.74, 6) is -0.308. The Hall–Kier alpha value is -1.14. The van der Waals surface area contributed by atoms with E-state index in [4.69, 9.17) is 9.47 Å². The smallest absolute Gasteiger partial charge is 0.228 e. The highest BCUT2D eigenvalue weighted by Crippen LogP contribution is 2.40. The molecule has 0 radical (unpaired) electrons. The first-order valence-electron chi connectivity index (χ1n) is 12.4. The molecule has 2 rings (SSSR count). The zero-order valence-corrected chi connectivity index (χ0v) is 22.5. The highest BCUT2D eigenvalue weighted by Gasteiger charge is 2.51. The molecule has 0 aliphatic carbocycles. The highest BCUT2D eigenvalue weighted by molar-refractivity contribution is 5.87. The summed E-state index contributed by atoms with van der Waals surface area (Å²) in [4.78, 5) is 31.5. The van der Waals surface area contributed by atoms with E-state index >= 15 is 0 Å². The van der Waals surface area contributed by atoms with Gasteiger partial charge in [-0.2, -0.15) is 0 Å². The minimum Gasteiger partial charge on any atom is -0.354 e. The van der Waals surface area contributed by atoms with Gasteiger partial charge in [-0.3, -0.25) is 9.59 Å². The minimum absolute atomic E-state index is 0.00658. The molecule has 0 N–H and O–H groups in total. The van der Waals surface area contributed by atoms with Crippen molar-refractivity contribution < 1.29 is 19.1 Å². The molecule has 0 aromatic carbocycles. The molecule has 6 nitrogen and oxygen atoms in total. The number of hydrogen-bond acceptors (Lipinski definition) is 4. The van der Waals surface area contributed by atoms with Gasteiger partial charge < -0.3 is 19.3 Å². The Kier molecular flexibility index (Phi) is 7.83. The van der Waals surface area contributed by atoms with Crippen molar-refractivity contribution in [2.45, 2.75) is 125 Å². The lowest BCUT2D eigenvalue weighted by Gasteiger charge is -2.42. The number of unbranched alkanes of at least 4 members (excludes halogenated alkanes) is 1. The predicted molar refractivity (Wildman–Crippen MR) is 128 cm³/mol. The van der Waals surface area contributed by atoms with Crippen LogP contribution in [0.15, 0.2) is 0 Å². The molecular weight excluding hydrogens is 404 g/mol. The summed E-state index contributed by atoms with van der Waals surface area (Å²) in [6, 6.07) is -0.0288. The first kappa shape index (κ1) is 27.1. The lowest BCUT2D eigenvalue weighted by Crippen LogP contribution is -2.55. The molecule has 2 aliphatic rings. The van der Waals surface area contributed by atoms with E-state index in [1.165, 1.54) is 0 Å². The molecule has 0 bridgehead atoms. The lowest BCUT2D eigenvalue weighted by molar-refractivity contribution is -0.159. The summed E-state index contributed by atoms with van der Waals surface area (Å²) in [6.07, 6.45) is 2.83. The summed E-state index contributed by atoms with van der Waals surface area (Å²) >= 11 is 0. The van der Waals surface area contributed by atoms with E-state index in [9.17, 15) is 9.59 Å². The quantitative estimate of drug-likeness (QED) is 0.556. The Morgan fingerprint density at radius 3 is 1.75 bits per heavy atom. The molecule has 0 unspecified atom stereocenters. The van der Waals surface area contributed by atoms with Crippen molar-refractivity contribution in [1.82, 2.24) is 9.80 Å². The Labute approximate surface area is 196 Å². The SMILES string of the molecule is CCCC[C@H](CC(=O)N1[C@@H](C(C)(C)C)COC1(C)C)C(=O)N1[C@@H](C(C)(C)C)COC1(C)C. The third-order valence-electron chi connectivity index (χ3n) is 7.15. The molecule has 2 saturated heterocycles. The third kappa shape index (κ3) is 5.67. The largest absolute Gasteiger partial charge is 0.354 e. The number of rotatable bonds is 6. The Morgan fingerprint density at radius 2 is 1.31 bits per heavy atom. The third-order valence-corrected chi connectivity index (χ3v) is 7.15. The van der Waals surface area contributed by atoms with Crippen LogP contribution in [-0.4, -0.2) is 58.4 Å². The molecule has 2 amide bonds. The first-order valence-corrected chi connectivity index (χ1v) is 12.4. The van der Waals surface area contributed by atoms with Crippen molar-refractivity contribution >= 4 is 11.8 Å². The van der Waals surface area contributed by atoms with Gasteiger partial charge in [0.25, 0.3) is 0 Å². The van der Waals surface area contributed by atoms with E-state index in [0.29, 0.717) is 19.6 Å². The average molecular weight is 453 g/mol. The maximum atomic E-state index is 14.0. The maximum Gasteiger partial charge on any atom is 0.228 e. The van der Waals surface area contributed by atoms with Gasteiger partial charge in [-0.25, -0.2) is 0 Å². The molecule has 2 heterocycles. The van der Waals surface area contributed by atoms with Crippen molar-refractivity contribution in [1.29, 1.82) is 0 Å². The fraction of sp³-hybridized carbons (Fsp3) is 0.923. The maximum absolute atomic E-state index is 14.0. The Bertz CT molecular complexity index is 687. The van der Waals surface area contributed by atoms with Crippen molar-refractivity contribution in [2.24, 2.45) is 16.7 Å². The number of ether oxygens (including phenoxy) is 2. The molecule has 6 heteroatoms. The second kappa shape index (κ2) is 9.25. The molecule has 2 aliphatic heterocycles. The van der Waals surface area contributed by atoms with Gasteiger partial charge in [-0.15, -0.1) is 0 Å². The Morgan fingerprint density at radius 1 is 0.875 bits per heavy atom. The van der Waals surface area contributed by atoms with Gasteiger partial charge in [0.2, 0.25) is 11.8 Å². The van der Waals surface area contributed by atoms with Gasteiger partial charge in [0.15, 0.2) is 0 Å². The predicted octanol–water partition coefficient (Wildman–Crippen LogP) is 5.20. The molecule has 186 valence electrons. The van der Waals surface area contributed by atoms with Crippen molar-refractivity contribution in [3.8, 4) is 0 Å². The van der Waals surface area contributed by atoms with Crippen LogP contribution in [0.2, 0.25) is 0 Å². The van der Waals surface area contributed by atoms with Crippen molar-refractivity contribution in [3.63, 3.8) is 0 Å². The lowest BCUT2D eigenvalue weighted by atomic mass is 9.84. The van der Waals surface area contributed by atoms with E-state index in [0.717, 1.165) is 12.8 Å². The topological polar surface area (TPSA) is 59.1 Å². The zero-order valence-electron chi connectivity index (χ0n) is 22.5. The van der Waals surface area contributed by atoms with Crippen LogP contribution < -0.4 is 0 Å². The summed E-state index contributed by atoms with van der Waals surface area (Å²) < 4.78 is 12.1. The normalized spacial score (nSPS) is 26.5. The molecule has 0 saturated carbocycles. The molecule has 2 fully saturated rings. The first-order chi connectivity index (χ1) is 14.4. The molecule has 32 heavy (non-hydrogen) atoms. The fourth-order valence-electron chi connectivity index (χ4n) is 5.04. The fourth-order valence-corrected chi connectivity index (χ4v) is 5.04. The molecule has 3 atom stereocenters. The summed E-state index contributed by atoms with van der Waals surface area (Å²) in [5, 5.41) is 0. The monoisotopic (exact) mass is 452 g/mol. The van der Waals surface area contributed by atoms with Crippen LogP contribution in [0.5, 0.6) is 0 Å². The second-order valence-electron chi connectivity index (χ2n) is 12.8. The van der Waals surface area contributed by atoms with Crippen molar-refractivity contribution in [3.05, 3.63) is 0 Å². The second-order valence-corrected chi connectivity index (χ2v) is 12.8. The van der Waals surface area contributed by atoms with Gasteiger partial charge in [-0.1, -0.05) is 61.3 Å². The summed E-state index contributed by atoms with van der Waals surface area (Å²) in [7, 11) is 0. The minimum atomic E-state index is -0.674. The average Bonchev–Trinajstić information content (AvgIpc) is 3.12. The van der Waals surface area contributed by atoms with Crippen LogP contribution in [-0.2, 0) is 19.1 Å². The van der Waals surface area contributed by atoms with Crippen LogP contribution in [0.1, 0.15) is 102 Å². The standard InChI is InChI=1S/C26H48N2O4/c1-12-13-14-18(22(30)28-20(24(5,6)7)17-32-26(28,10)11)15-21(29)27-19(23(2,3)4)16-31-25(27,8)9/h18-20H,12-17H2,1-11H3/t18-,19-,20-/m1/s1. The summed E-state index contributed by atoms with van der Waals surface area (Å²) in [5.41, 5.74) is -1.55. The van der Waals surface area contributed by atoms with Gasteiger partial charge in [0.05, 0.1) is 25.3 Å². The van der Waals surface area contributed by atoms with Crippen LogP contribution >= 0.6 is 0 Å². The number of amides is 2. The number of hydrogen-bond donors (Lipinski definition) is 0. The van der Waals surface area contributed by atoms with Gasteiger partial charge in [-0.05, 0) is 44.9 Å². The zero-order chi connectivity index (χ0) is 24.7. The van der Waals surface area contributed by atoms with E-state index in [-0.39, 0.29) is 47.1 Å². The van der Waals surface area contributed by atoms with Crippen LogP contribution in [0.25, 0.3) is 0 Å². The number of carbonyl (C=O) groups is 2. The van der Waals surface area contributed by atoms with Crippen LogP contribution in [0.3, 0.4) is 0 Å². The molecule has 0 aromatic heterocycles. The van der Waals surface area contributed by atoms with Gasteiger partial charge >= 0.3 is 0 Å². The molecular formula is C26H48N2O4. The number of nitrogens with zero attached hydrogens (tertiary/aromatic N) is 2. The number of carbonyl (C=O) groups excluding carboxylic acids is 2. The molecule has 0 aromatic rings. The van der Waals surface area contributed by atoms with Gasteiger partial charge in [0, 0.05) is 12.3 Å². The van der Waals surface area contributed by atoms with Gasteiger partial charge in [0.1, 0.15) is 11.4 Å². The molecule has 0 spiro atoms. The summed E-state index contributed by atoms with van der Waals surface area (Å²) in [6.45, 7) is 23.8. The van der Waals surface area contributed by atoms with Crippen LogP contribution in [0, 0.1) is 16.7 Å². The van der Waals surface area contributed by atoms with Crippen molar-refractivity contribution in [2.75, 3.05) is 13.2 Å². The van der Waals surface area contributed by atoms with E-state index in [1.807, 2.05) is 37.5 Å².